The lowest BCUT2D eigenvalue weighted by atomic mass is 10.0. The van der Waals surface area contributed by atoms with Crippen molar-refractivity contribution in [2.45, 2.75) is 26.7 Å². The SMILES string of the molecule is CCC(CC)C(=O)N1CCN(c2ccc(NC(=O)c3ccc(Br)cc3)cc2)CC1. The van der Waals surface area contributed by atoms with E-state index < -0.39 is 0 Å². The maximum Gasteiger partial charge on any atom is 0.255 e. The molecule has 1 heterocycles. The van der Waals surface area contributed by atoms with Crippen LogP contribution in [0.4, 0.5) is 11.4 Å². The summed E-state index contributed by atoms with van der Waals surface area (Å²) in [7, 11) is 0. The molecular weight excluding hydrogens is 430 g/mol. The highest BCUT2D eigenvalue weighted by atomic mass is 79.9. The van der Waals surface area contributed by atoms with Gasteiger partial charge in [-0.1, -0.05) is 29.8 Å². The van der Waals surface area contributed by atoms with E-state index in [-0.39, 0.29) is 11.8 Å². The number of benzene rings is 2. The first-order valence-electron chi connectivity index (χ1n) is 10.2. The third kappa shape index (κ3) is 5.38. The lowest BCUT2D eigenvalue weighted by Gasteiger charge is -2.37. The van der Waals surface area contributed by atoms with Crippen molar-refractivity contribution >= 4 is 39.1 Å². The topological polar surface area (TPSA) is 52.7 Å². The van der Waals surface area contributed by atoms with Crippen LogP contribution in [0.1, 0.15) is 37.0 Å². The summed E-state index contributed by atoms with van der Waals surface area (Å²) in [5, 5.41) is 2.93. The number of carbonyl (C=O) groups is 2. The van der Waals surface area contributed by atoms with Crippen LogP contribution in [-0.4, -0.2) is 42.9 Å². The zero-order valence-electron chi connectivity index (χ0n) is 17.0. The van der Waals surface area contributed by atoms with E-state index >= 15 is 0 Å². The largest absolute Gasteiger partial charge is 0.368 e. The molecule has 1 fully saturated rings. The fourth-order valence-corrected chi connectivity index (χ4v) is 3.91. The summed E-state index contributed by atoms with van der Waals surface area (Å²) in [6.07, 6.45) is 1.81. The molecule has 1 aliphatic heterocycles. The summed E-state index contributed by atoms with van der Waals surface area (Å²) in [6.45, 7) is 7.35. The van der Waals surface area contributed by atoms with Crippen LogP contribution in [0.25, 0.3) is 0 Å². The van der Waals surface area contributed by atoms with E-state index in [9.17, 15) is 9.59 Å². The molecule has 2 amide bonds. The van der Waals surface area contributed by atoms with Crippen molar-refractivity contribution in [3.63, 3.8) is 0 Å². The lowest BCUT2D eigenvalue weighted by Crippen LogP contribution is -2.50. The maximum atomic E-state index is 12.6. The highest BCUT2D eigenvalue weighted by molar-refractivity contribution is 9.10. The minimum Gasteiger partial charge on any atom is -0.368 e. The van der Waals surface area contributed by atoms with Crippen LogP contribution in [0, 0.1) is 5.92 Å². The van der Waals surface area contributed by atoms with Gasteiger partial charge < -0.3 is 15.1 Å². The number of anilines is 2. The number of amides is 2. The first-order valence-corrected chi connectivity index (χ1v) is 11.0. The molecule has 0 bridgehead atoms. The van der Waals surface area contributed by atoms with Crippen LogP contribution in [-0.2, 0) is 4.79 Å². The number of halogens is 1. The molecule has 5 nitrogen and oxygen atoms in total. The first-order chi connectivity index (χ1) is 14.0. The van der Waals surface area contributed by atoms with Gasteiger partial charge >= 0.3 is 0 Å². The molecule has 0 unspecified atom stereocenters. The van der Waals surface area contributed by atoms with Gasteiger partial charge in [-0.3, -0.25) is 9.59 Å². The predicted octanol–water partition coefficient (Wildman–Crippen LogP) is 4.79. The third-order valence-electron chi connectivity index (χ3n) is 5.52. The summed E-state index contributed by atoms with van der Waals surface area (Å²) in [5.74, 6) is 0.314. The number of piperazine rings is 1. The third-order valence-corrected chi connectivity index (χ3v) is 6.05. The van der Waals surface area contributed by atoms with Crippen LogP contribution in [0.3, 0.4) is 0 Å². The molecule has 1 N–H and O–H groups in total. The number of nitrogens with one attached hydrogen (secondary N) is 1. The van der Waals surface area contributed by atoms with Gasteiger partial charge in [0.05, 0.1) is 0 Å². The van der Waals surface area contributed by atoms with E-state index in [2.05, 4.69) is 40.0 Å². The van der Waals surface area contributed by atoms with Gasteiger partial charge in [0.2, 0.25) is 5.91 Å². The van der Waals surface area contributed by atoms with E-state index in [0.717, 1.165) is 54.9 Å². The number of nitrogens with zero attached hydrogens (tertiary/aromatic N) is 2. The summed E-state index contributed by atoms with van der Waals surface area (Å²) in [4.78, 5) is 29.2. The van der Waals surface area contributed by atoms with Crippen LogP contribution < -0.4 is 10.2 Å². The standard InChI is InChI=1S/C23H28BrN3O2/c1-3-17(4-2)23(29)27-15-13-26(14-16-27)21-11-9-20(10-12-21)25-22(28)18-5-7-19(24)8-6-18/h5-12,17H,3-4,13-16H2,1-2H3,(H,25,28). The van der Waals surface area contributed by atoms with E-state index in [1.807, 2.05) is 41.3 Å². The molecule has 0 aromatic heterocycles. The monoisotopic (exact) mass is 457 g/mol. The summed E-state index contributed by atoms with van der Waals surface area (Å²) in [6, 6.07) is 15.2. The average molecular weight is 458 g/mol. The van der Waals surface area contributed by atoms with Crippen molar-refractivity contribution in [1.29, 1.82) is 0 Å². The number of carbonyl (C=O) groups excluding carboxylic acids is 2. The van der Waals surface area contributed by atoms with Gasteiger partial charge in [-0.25, -0.2) is 0 Å². The average Bonchev–Trinajstić information content (AvgIpc) is 2.75. The molecule has 6 heteroatoms. The fourth-order valence-electron chi connectivity index (χ4n) is 3.64. The molecule has 154 valence electrons. The van der Waals surface area contributed by atoms with Crippen LogP contribution in [0.5, 0.6) is 0 Å². The normalized spacial score (nSPS) is 14.2. The van der Waals surface area contributed by atoms with Crippen LogP contribution in [0.15, 0.2) is 53.0 Å². The van der Waals surface area contributed by atoms with E-state index in [4.69, 9.17) is 0 Å². The Hall–Kier alpha value is -2.34. The number of hydrogen-bond acceptors (Lipinski definition) is 3. The Morgan fingerprint density at radius 1 is 0.931 bits per heavy atom. The molecule has 0 atom stereocenters. The molecule has 2 aromatic carbocycles. The quantitative estimate of drug-likeness (QED) is 0.678. The predicted molar refractivity (Wildman–Crippen MR) is 121 cm³/mol. The number of rotatable bonds is 6. The van der Waals surface area contributed by atoms with Gasteiger partial charge in [-0.2, -0.15) is 0 Å². The minimum atomic E-state index is -0.126. The van der Waals surface area contributed by atoms with Gasteiger partial charge in [0.25, 0.3) is 5.91 Å². The van der Waals surface area contributed by atoms with Crippen molar-refractivity contribution in [3.05, 3.63) is 58.6 Å². The summed E-state index contributed by atoms with van der Waals surface area (Å²) < 4.78 is 0.945. The van der Waals surface area contributed by atoms with Crippen LogP contribution in [0.2, 0.25) is 0 Å². The first kappa shape index (κ1) is 21.4. The van der Waals surface area contributed by atoms with Gasteiger partial charge in [0.15, 0.2) is 0 Å². The minimum absolute atomic E-state index is 0.126. The second-order valence-electron chi connectivity index (χ2n) is 7.33. The highest BCUT2D eigenvalue weighted by Gasteiger charge is 2.25. The zero-order valence-corrected chi connectivity index (χ0v) is 18.6. The van der Waals surface area contributed by atoms with Crippen molar-refractivity contribution in [2.75, 3.05) is 36.4 Å². The van der Waals surface area contributed by atoms with E-state index in [1.165, 1.54) is 0 Å². The molecule has 1 aliphatic rings. The van der Waals surface area contributed by atoms with E-state index in [1.54, 1.807) is 12.1 Å². The summed E-state index contributed by atoms with van der Waals surface area (Å²) in [5.41, 5.74) is 2.50. The Morgan fingerprint density at radius 3 is 2.07 bits per heavy atom. The second-order valence-corrected chi connectivity index (χ2v) is 8.25. The number of hydrogen-bond donors (Lipinski definition) is 1. The van der Waals surface area contributed by atoms with Gasteiger partial charge in [0.1, 0.15) is 0 Å². The summed E-state index contributed by atoms with van der Waals surface area (Å²) >= 11 is 3.37. The van der Waals surface area contributed by atoms with Gasteiger partial charge in [-0.05, 0) is 61.4 Å². The molecule has 0 saturated carbocycles. The van der Waals surface area contributed by atoms with E-state index in [0.29, 0.717) is 11.5 Å². The van der Waals surface area contributed by atoms with Crippen molar-refractivity contribution in [3.8, 4) is 0 Å². The molecule has 2 aromatic rings. The second kappa shape index (κ2) is 9.92. The molecular formula is C23H28BrN3O2. The smallest absolute Gasteiger partial charge is 0.255 e. The maximum absolute atomic E-state index is 12.6. The molecule has 1 saturated heterocycles. The molecule has 0 radical (unpaired) electrons. The van der Waals surface area contributed by atoms with Crippen molar-refractivity contribution in [2.24, 2.45) is 5.92 Å². The fraction of sp³-hybridized carbons (Fsp3) is 0.391. The Balaban J connectivity index is 1.55. The lowest BCUT2D eigenvalue weighted by molar-refractivity contribution is -0.136. The molecule has 3 rings (SSSR count). The van der Waals surface area contributed by atoms with Gasteiger partial charge in [-0.15, -0.1) is 0 Å². The molecule has 0 aliphatic carbocycles. The Kier molecular flexibility index (Phi) is 7.31. The Labute approximate surface area is 181 Å². The highest BCUT2D eigenvalue weighted by Crippen LogP contribution is 2.21. The Bertz CT molecular complexity index is 824. The van der Waals surface area contributed by atoms with Crippen molar-refractivity contribution < 1.29 is 9.59 Å². The van der Waals surface area contributed by atoms with Crippen LogP contribution >= 0.6 is 15.9 Å². The molecule has 0 spiro atoms. The van der Waals surface area contributed by atoms with Crippen molar-refractivity contribution in [1.82, 2.24) is 4.90 Å². The van der Waals surface area contributed by atoms with Gasteiger partial charge in [0, 0.05) is 53.5 Å². The zero-order chi connectivity index (χ0) is 20.8. The Morgan fingerprint density at radius 2 is 1.52 bits per heavy atom. The molecule has 29 heavy (non-hydrogen) atoms.